The summed E-state index contributed by atoms with van der Waals surface area (Å²) in [7, 11) is 0. The number of hydrogen-bond acceptors (Lipinski definition) is 3. The van der Waals surface area contributed by atoms with E-state index in [1.54, 1.807) is 0 Å². The van der Waals surface area contributed by atoms with Crippen molar-refractivity contribution in [1.29, 1.82) is 0 Å². The van der Waals surface area contributed by atoms with Crippen LogP contribution in [0.1, 0.15) is 66.4 Å². The number of nitrogens with two attached hydrogens (primary N) is 1. The summed E-state index contributed by atoms with van der Waals surface area (Å²) in [5, 5.41) is 0.929. The molecule has 0 radical (unpaired) electrons. The summed E-state index contributed by atoms with van der Waals surface area (Å²) in [6.45, 7) is 14.0. The Morgan fingerprint density at radius 2 is 1.97 bits per heavy atom. The number of carbonyl (C=O) groups excluding carboxylic acids is 1. The van der Waals surface area contributed by atoms with Crippen LogP contribution in [-0.2, 0) is 11.8 Å². The zero-order chi connectivity index (χ0) is 21.9. The largest absolute Gasteiger partial charge is 0.371 e. The second-order valence-corrected chi connectivity index (χ2v) is 9.39. The summed E-state index contributed by atoms with van der Waals surface area (Å²) in [5.74, 6) is 0.0925. The van der Waals surface area contributed by atoms with Gasteiger partial charge in [0.1, 0.15) is 0 Å². The first kappa shape index (κ1) is 19.8. The number of nitrogens with one attached hydrogen (secondary N) is 1. The maximum atomic E-state index is 13.7. The minimum Gasteiger partial charge on any atom is -0.371 e. The molecule has 1 aliphatic heterocycles. The van der Waals surface area contributed by atoms with Gasteiger partial charge in [-0.15, -0.1) is 0 Å². The van der Waals surface area contributed by atoms with Gasteiger partial charge in [-0.3, -0.25) is 4.79 Å². The summed E-state index contributed by atoms with van der Waals surface area (Å²) >= 11 is 0. The normalized spacial score (nSPS) is 18.0. The molecule has 0 bridgehead atoms. The summed E-state index contributed by atoms with van der Waals surface area (Å²) in [5.41, 5.74) is 13.5. The Hall–Kier alpha value is -3.10. The van der Waals surface area contributed by atoms with Crippen molar-refractivity contribution in [3.8, 4) is 6.57 Å². The highest BCUT2D eigenvalue weighted by Crippen LogP contribution is 2.46. The topological polar surface area (TPSA) is 66.5 Å². The number of aryl methyl sites for hydroxylation is 1. The third-order valence-electron chi connectivity index (χ3n) is 7.18. The third kappa shape index (κ3) is 2.90. The molecule has 1 fully saturated rings. The number of aromatic nitrogens is 1. The first-order valence-corrected chi connectivity index (χ1v) is 11.1. The number of H-pyrrole nitrogens is 1. The molecule has 2 aliphatic rings. The maximum absolute atomic E-state index is 13.7. The number of aromatic amines is 1. The van der Waals surface area contributed by atoms with Crippen LogP contribution < -0.4 is 10.6 Å². The smallest absolute Gasteiger partial charge is 0.342 e. The van der Waals surface area contributed by atoms with Crippen molar-refractivity contribution < 1.29 is 4.79 Å². The van der Waals surface area contributed by atoms with Crippen LogP contribution in [0.3, 0.4) is 0 Å². The second kappa shape index (κ2) is 6.96. The summed E-state index contributed by atoms with van der Waals surface area (Å²) in [6.07, 6.45) is 2.90. The van der Waals surface area contributed by atoms with E-state index in [9.17, 15) is 4.79 Å². The number of piperidine rings is 1. The van der Waals surface area contributed by atoms with Gasteiger partial charge < -0.3 is 15.6 Å². The number of ketones is 1. The highest BCUT2D eigenvalue weighted by molar-refractivity contribution is 6.20. The van der Waals surface area contributed by atoms with Crippen LogP contribution in [-0.4, -0.2) is 29.9 Å². The van der Waals surface area contributed by atoms with Crippen molar-refractivity contribution in [2.24, 2.45) is 5.73 Å². The number of benzene rings is 2. The molecule has 1 aliphatic carbocycles. The van der Waals surface area contributed by atoms with E-state index < -0.39 is 0 Å². The van der Waals surface area contributed by atoms with Gasteiger partial charge in [0.25, 0.3) is 6.57 Å². The van der Waals surface area contributed by atoms with Crippen LogP contribution >= 0.6 is 0 Å². The van der Waals surface area contributed by atoms with Crippen LogP contribution in [0.15, 0.2) is 30.3 Å². The molecule has 0 saturated carbocycles. The molecule has 3 N–H and O–H groups in total. The first-order chi connectivity index (χ1) is 14.8. The molecule has 1 aromatic heterocycles. The van der Waals surface area contributed by atoms with Crippen LogP contribution in [0.4, 0.5) is 11.4 Å². The molecule has 158 valence electrons. The molecular weight excluding hydrogens is 384 g/mol. The van der Waals surface area contributed by atoms with Crippen molar-refractivity contribution in [2.45, 2.75) is 51.5 Å². The van der Waals surface area contributed by atoms with Crippen molar-refractivity contribution in [3.05, 3.63) is 63.1 Å². The predicted molar refractivity (Wildman–Crippen MR) is 127 cm³/mol. The van der Waals surface area contributed by atoms with Gasteiger partial charge in [-0.1, -0.05) is 20.8 Å². The Labute approximate surface area is 183 Å². The zero-order valence-corrected chi connectivity index (χ0v) is 18.5. The first-order valence-electron chi connectivity index (χ1n) is 11.1. The number of carbonyl (C=O) groups is 1. The quantitative estimate of drug-likeness (QED) is 0.613. The lowest BCUT2D eigenvalue weighted by Crippen LogP contribution is -2.40. The Bertz CT molecular complexity index is 1250. The molecule has 3 aromatic rings. The van der Waals surface area contributed by atoms with Crippen LogP contribution in [0.25, 0.3) is 15.7 Å². The van der Waals surface area contributed by atoms with E-state index in [4.69, 9.17) is 12.3 Å². The molecule has 5 heteroatoms. The molecule has 0 amide bonds. The summed E-state index contributed by atoms with van der Waals surface area (Å²) in [6, 6.07) is 10.4. The average Bonchev–Trinajstić information content (AvgIpc) is 3.17. The lowest BCUT2D eigenvalue weighted by molar-refractivity contribution is 0.103. The molecule has 0 unspecified atom stereocenters. The number of hydrogen-bond donors (Lipinski definition) is 2. The number of nitrogens with zero attached hydrogens (tertiary/aromatic N) is 2. The molecule has 0 atom stereocenters. The predicted octanol–water partition coefficient (Wildman–Crippen LogP) is 5.12. The molecule has 2 heterocycles. The minimum absolute atomic E-state index is 0.0925. The average molecular weight is 414 g/mol. The van der Waals surface area contributed by atoms with E-state index in [1.165, 1.54) is 11.3 Å². The number of anilines is 1. The van der Waals surface area contributed by atoms with Gasteiger partial charge in [0, 0.05) is 52.9 Å². The molecule has 2 aromatic carbocycles. The van der Waals surface area contributed by atoms with E-state index in [0.29, 0.717) is 5.69 Å². The fraction of sp³-hybridized carbons (Fsp3) is 0.385. The van der Waals surface area contributed by atoms with Gasteiger partial charge in [-0.05, 0) is 53.4 Å². The second-order valence-electron chi connectivity index (χ2n) is 9.39. The summed E-state index contributed by atoms with van der Waals surface area (Å²) in [4.78, 5) is 23.5. The molecular formula is C26H29N4O+. The van der Waals surface area contributed by atoms with Gasteiger partial charge in [0.2, 0.25) is 0 Å². The van der Waals surface area contributed by atoms with Crippen molar-refractivity contribution in [2.75, 3.05) is 18.0 Å². The van der Waals surface area contributed by atoms with Crippen molar-refractivity contribution in [3.63, 3.8) is 0 Å². The van der Waals surface area contributed by atoms with Gasteiger partial charge in [-0.25, -0.2) is 0 Å². The number of rotatable bonds is 2. The third-order valence-corrected chi connectivity index (χ3v) is 7.18. The van der Waals surface area contributed by atoms with Gasteiger partial charge >= 0.3 is 5.69 Å². The fourth-order valence-electron chi connectivity index (χ4n) is 5.30. The van der Waals surface area contributed by atoms with Crippen LogP contribution in [0, 0.1) is 6.57 Å². The fourth-order valence-corrected chi connectivity index (χ4v) is 5.30. The lowest BCUT2D eigenvalue weighted by atomic mass is 9.70. The van der Waals surface area contributed by atoms with Crippen LogP contribution in [0.2, 0.25) is 0 Å². The van der Waals surface area contributed by atoms with Gasteiger partial charge in [0.15, 0.2) is 5.78 Å². The molecule has 0 spiro atoms. The Morgan fingerprint density at radius 3 is 2.65 bits per heavy atom. The lowest BCUT2D eigenvalue weighted by Gasteiger charge is -2.37. The number of fused-ring (bicyclic) bond motifs is 4. The highest BCUT2D eigenvalue weighted by Gasteiger charge is 2.40. The molecule has 5 nitrogen and oxygen atoms in total. The van der Waals surface area contributed by atoms with Crippen molar-refractivity contribution in [1.82, 2.24) is 4.98 Å². The molecule has 31 heavy (non-hydrogen) atoms. The van der Waals surface area contributed by atoms with E-state index in [-0.39, 0.29) is 17.2 Å². The Kier molecular flexibility index (Phi) is 4.46. The van der Waals surface area contributed by atoms with E-state index in [1.807, 2.05) is 18.2 Å². The summed E-state index contributed by atoms with van der Waals surface area (Å²) < 4.78 is 0. The standard InChI is InChI=1S/C26H28N4O/c1-5-15-12-19-20(14-22(15)30-10-8-16(27)9-11-30)26(2,3)25-23(24(19)31)18-7-6-17(28-4)13-21(18)29-25/h4,6-7,12-14,16H,5,8-11,27H2,1-3H3/p+1. The minimum atomic E-state index is -0.329. The Morgan fingerprint density at radius 1 is 1.23 bits per heavy atom. The van der Waals surface area contributed by atoms with Gasteiger partial charge in [-0.2, -0.15) is 0 Å². The van der Waals surface area contributed by atoms with E-state index in [2.05, 4.69) is 47.6 Å². The SMILES string of the molecule is C#[N+]c1ccc2c3c([nH]c2c1)C(C)(C)c1cc(N2CCC(N)CC2)c(CC)cc1C3=O. The molecule has 1 saturated heterocycles. The Balaban J connectivity index is 1.70. The van der Waals surface area contributed by atoms with E-state index >= 15 is 0 Å². The van der Waals surface area contributed by atoms with Gasteiger partial charge in [0.05, 0.1) is 17.1 Å². The monoisotopic (exact) mass is 413 g/mol. The molecule has 5 rings (SSSR count). The zero-order valence-electron chi connectivity index (χ0n) is 18.5. The maximum Gasteiger partial charge on any atom is 0.342 e. The van der Waals surface area contributed by atoms with E-state index in [0.717, 1.165) is 65.6 Å². The highest BCUT2D eigenvalue weighted by atomic mass is 16.1. The van der Waals surface area contributed by atoms with Crippen molar-refractivity contribution >= 4 is 28.1 Å². The van der Waals surface area contributed by atoms with Crippen LogP contribution in [0.5, 0.6) is 0 Å².